The van der Waals surface area contributed by atoms with Gasteiger partial charge in [0.25, 0.3) is 10.0 Å². The first kappa shape index (κ1) is 34.0. The zero-order valence-corrected chi connectivity index (χ0v) is 27.4. The van der Waals surface area contributed by atoms with E-state index in [1.165, 1.54) is 37.3 Å². The quantitative estimate of drug-likeness (QED) is 0.255. The standard InChI is InChI=1S/C31H37Cl2N3O6S/c1-20(2)17-34-31(38)22(4)35(18-23-9-10-24(32)15-27(23)33)30(37)19-36(28-16-25(41-5)11-14-29(28)42-6)43(39,40)26-12-7-21(3)8-13-26/h7-16,20,22H,17-19H2,1-6H3,(H,34,38)/t22-/m1/s1. The largest absolute Gasteiger partial charge is 0.497 e. The highest BCUT2D eigenvalue weighted by Gasteiger charge is 2.34. The predicted molar refractivity (Wildman–Crippen MR) is 170 cm³/mol. The molecular weight excluding hydrogens is 613 g/mol. The van der Waals surface area contributed by atoms with E-state index in [1.54, 1.807) is 49.4 Å². The van der Waals surface area contributed by atoms with E-state index < -0.39 is 28.5 Å². The first-order valence-electron chi connectivity index (χ1n) is 13.6. The molecule has 0 spiro atoms. The third-order valence-electron chi connectivity index (χ3n) is 6.75. The van der Waals surface area contributed by atoms with Gasteiger partial charge in [-0.25, -0.2) is 8.42 Å². The average Bonchev–Trinajstić information content (AvgIpc) is 2.97. The maximum Gasteiger partial charge on any atom is 0.264 e. The Kier molecular flexibility index (Phi) is 11.7. The van der Waals surface area contributed by atoms with Gasteiger partial charge in [0.05, 0.1) is 24.8 Å². The van der Waals surface area contributed by atoms with Gasteiger partial charge in [-0.2, -0.15) is 0 Å². The van der Waals surface area contributed by atoms with Gasteiger partial charge in [-0.3, -0.25) is 13.9 Å². The third kappa shape index (κ3) is 8.55. The fraction of sp³-hybridized carbons (Fsp3) is 0.355. The van der Waals surface area contributed by atoms with E-state index in [2.05, 4.69) is 5.32 Å². The first-order valence-corrected chi connectivity index (χ1v) is 15.8. The summed E-state index contributed by atoms with van der Waals surface area (Å²) in [6.07, 6.45) is 0. The molecule has 0 bridgehead atoms. The lowest BCUT2D eigenvalue weighted by Crippen LogP contribution is -2.51. The molecule has 0 aliphatic rings. The molecule has 0 fully saturated rings. The van der Waals surface area contributed by atoms with Crippen molar-refractivity contribution in [3.05, 3.63) is 81.8 Å². The molecule has 0 aliphatic carbocycles. The molecule has 9 nitrogen and oxygen atoms in total. The van der Waals surface area contributed by atoms with Gasteiger partial charge in [0, 0.05) is 29.2 Å². The van der Waals surface area contributed by atoms with Crippen LogP contribution in [0.25, 0.3) is 0 Å². The lowest BCUT2D eigenvalue weighted by atomic mass is 10.1. The van der Waals surface area contributed by atoms with E-state index in [1.807, 2.05) is 20.8 Å². The molecule has 0 unspecified atom stereocenters. The van der Waals surface area contributed by atoms with E-state index in [-0.39, 0.29) is 34.7 Å². The molecule has 0 aliphatic heterocycles. The Bertz CT molecular complexity index is 1550. The second kappa shape index (κ2) is 14.8. The number of hydrogen-bond acceptors (Lipinski definition) is 6. The molecule has 1 N–H and O–H groups in total. The molecule has 12 heteroatoms. The van der Waals surface area contributed by atoms with Crippen LogP contribution in [0.3, 0.4) is 0 Å². The minimum atomic E-state index is -4.30. The maximum absolute atomic E-state index is 14.2. The molecule has 0 aromatic heterocycles. The lowest BCUT2D eigenvalue weighted by molar-refractivity contribution is -0.139. The second-order valence-electron chi connectivity index (χ2n) is 10.4. The summed E-state index contributed by atoms with van der Waals surface area (Å²) in [6, 6.07) is 14.8. The molecule has 0 saturated heterocycles. The minimum Gasteiger partial charge on any atom is -0.497 e. The highest BCUT2D eigenvalue weighted by atomic mass is 35.5. The molecule has 1 atom stereocenters. The van der Waals surface area contributed by atoms with Gasteiger partial charge in [0.15, 0.2) is 0 Å². The van der Waals surface area contributed by atoms with E-state index in [4.69, 9.17) is 32.7 Å². The zero-order chi connectivity index (χ0) is 31.9. The van der Waals surface area contributed by atoms with Crippen LogP contribution in [0, 0.1) is 12.8 Å². The van der Waals surface area contributed by atoms with Crippen molar-refractivity contribution < 1.29 is 27.5 Å². The monoisotopic (exact) mass is 649 g/mol. The van der Waals surface area contributed by atoms with Gasteiger partial charge < -0.3 is 19.7 Å². The highest BCUT2D eigenvalue weighted by molar-refractivity contribution is 7.92. The number of amides is 2. The summed E-state index contributed by atoms with van der Waals surface area (Å²) in [5, 5.41) is 3.57. The number of ether oxygens (including phenoxy) is 2. The van der Waals surface area contributed by atoms with Crippen LogP contribution >= 0.6 is 23.2 Å². The molecule has 3 rings (SSSR count). The molecular formula is C31H37Cl2N3O6S. The van der Waals surface area contributed by atoms with E-state index >= 15 is 0 Å². The first-order chi connectivity index (χ1) is 20.3. The summed E-state index contributed by atoms with van der Waals surface area (Å²) in [7, 11) is -1.45. The molecule has 0 radical (unpaired) electrons. The highest BCUT2D eigenvalue weighted by Crippen LogP contribution is 2.36. The van der Waals surface area contributed by atoms with Crippen LogP contribution in [0.1, 0.15) is 31.9 Å². The number of hydrogen-bond donors (Lipinski definition) is 1. The SMILES string of the molecule is COc1ccc(OC)c(N(CC(=O)N(Cc2ccc(Cl)cc2Cl)[C@H](C)C(=O)NCC(C)C)S(=O)(=O)c2ccc(C)cc2)c1. The van der Waals surface area contributed by atoms with Crippen molar-refractivity contribution in [2.45, 2.75) is 45.2 Å². The number of rotatable bonds is 13. The number of methoxy groups -OCH3 is 2. The van der Waals surface area contributed by atoms with E-state index in [0.29, 0.717) is 27.9 Å². The van der Waals surface area contributed by atoms with E-state index in [0.717, 1.165) is 9.87 Å². The van der Waals surface area contributed by atoms with Crippen molar-refractivity contribution in [1.82, 2.24) is 10.2 Å². The summed E-state index contributed by atoms with van der Waals surface area (Å²) in [4.78, 5) is 28.6. The Labute approximate surface area is 263 Å². The number of nitrogens with one attached hydrogen (secondary N) is 1. The van der Waals surface area contributed by atoms with Gasteiger partial charge in [-0.05, 0) is 61.7 Å². The second-order valence-corrected chi connectivity index (χ2v) is 13.1. The smallest absolute Gasteiger partial charge is 0.264 e. The summed E-state index contributed by atoms with van der Waals surface area (Å²) in [6.45, 7) is 7.03. The number of benzene rings is 3. The van der Waals surface area contributed by atoms with Gasteiger partial charge in [-0.1, -0.05) is 60.8 Å². The van der Waals surface area contributed by atoms with Gasteiger partial charge in [-0.15, -0.1) is 0 Å². The van der Waals surface area contributed by atoms with Crippen LogP contribution in [0.2, 0.25) is 10.0 Å². The Hall–Kier alpha value is -3.47. The number of carbonyl (C=O) groups excluding carboxylic acids is 2. The molecule has 2 amide bonds. The fourth-order valence-electron chi connectivity index (χ4n) is 4.21. The van der Waals surface area contributed by atoms with Crippen molar-refractivity contribution >= 4 is 50.7 Å². The van der Waals surface area contributed by atoms with Crippen molar-refractivity contribution in [3.8, 4) is 11.5 Å². The molecule has 0 heterocycles. The average molecular weight is 651 g/mol. The maximum atomic E-state index is 14.2. The van der Waals surface area contributed by atoms with Crippen molar-refractivity contribution in [1.29, 1.82) is 0 Å². The van der Waals surface area contributed by atoms with Crippen molar-refractivity contribution in [3.63, 3.8) is 0 Å². The Morgan fingerprint density at radius 3 is 2.19 bits per heavy atom. The summed E-state index contributed by atoms with van der Waals surface area (Å²) < 4.78 is 40.1. The minimum absolute atomic E-state index is 0.0224. The van der Waals surface area contributed by atoms with Crippen LogP contribution in [-0.4, -0.2) is 58.5 Å². The summed E-state index contributed by atoms with van der Waals surface area (Å²) >= 11 is 12.5. The Balaban J connectivity index is 2.13. The van der Waals surface area contributed by atoms with Crippen LogP contribution in [0.5, 0.6) is 11.5 Å². The van der Waals surface area contributed by atoms with Gasteiger partial charge in [0.2, 0.25) is 11.8 Å². The molecule has 3 aromatic rings. The molecule has 43 heavy (non-hydrogen) atoms. The lowest BCUT2D eigenvalue weighted by Gasteiger charge is -2.32. The number of nitrogens with zero attached hydrogens (tertiary/aromatic N) is 2. The number of sulfonamides is 1. The summed E-state index contributed by atoms with van der Waals surface area (Å²) in [5.74, 6) is -0.280. The molecule has 0 saturated carbocycles. The van der Waals surface area contributed by atoms with Crippen LogP contribution in [0.4, 0.5) is 5.69 Å². The van der Waals surface area contributed by atoms with Crippen LogP contribution in [-0.2, 0) is 26.2 Å². The fourth-order valence-corrected chi connectivity index (χ4v) is 6.10. The summed E-state index contributed by atoms with van der Waals surface area (Å²) in [5.41, 5.74) is 1.50. The number of halogens is 2. The molecule has 232 valence electrons. The van der Waals surface area contributed by atoms with Crippen molar-refractivity contribution in [2.24, 2.45) is 5.92 Å². The Morgan fingerprint density at radius 2 is 1.60 bits per heavy atom. The number of anilines is 1. The normalized spacial score (nSPS) is 12.0. The zero-order valence-electron chi connectivity index (χ0n) is 25.1. The third-order valence-corrected chi connectivity index (χ3v) is 9.11. The topological polar surface area (TPSA) is 105 Å². The van der Waals surface area contributed by atoms with Crippen LogP contribution < -0.4 is 19.1 Å². The Morgan fingerprint density at radius 1 is 0.930 bits per heavy atom. The van der Waals surface area contributed by atoms with Gasteiger partial charge >= 0.3 is 0 Å². The van der Waals surface area contributed by atoms with E-state index in [9.17, 15) is 18.0 Å². The van der Waals surface area contributed by atoms with Gasteiger partial charge in [0.1, 0.15) is 24.1 Å². The number of carbonyl (C=O) groups is 2. The predicted octanol–water partition coefficient (Wildman–Crippen LogP) is 5.70. The van der Waals surface area contributed by atoms with Crippen LogP contribution in [0.15, 0.2) is 65.6 Å². The number of aryl methyl sites for hydroxylation is 1. The molecule has 3 aromatic carbocycles. The van der Waals surface area contributed by atoms with Crippen molar-refractivity contribution in [2.75, 3.05) is 31.6 Å².